The van der Waals surface area contributed by atoms with Gasteiger partial charge in [-0.3, -0.25) is 0 Å². The van der Waals surface area contributed by atoms with Crippen LogP contribution < -0.4 is 0 Å². The van der Waals surface area contributed by atoms with Crippen LogP contribution in [-0.4, -0.2) is 43.6 Å². The molecule has 1 saturated heterocycles. The van der Waals surface area contributed by atoms with Crippen molar-refractivity contribution >= 4 is 10.0 Å². The summed E-state index contributed by atoms with van der Waals surface area (Å²) in [5, 5.41) is 9.90. The summed E-state index contributed by atoms with van der Waals surface area (Å²) in [6, 6.07) is 6.48. The number of nitrogens with zero attached hydrogens (tertiary/aromatic N) is 1. The fourth-order valence-electron chi connectivity index (χ4n) is 2.53. The van der Waals surface area contributed by atoms with E-state index in [0.29, 0.717) is 31.7 Å². The highest BCUT2D eigenvalue weighted by Gasteiger charge is 2.33. The zero-order valence-electron chi connectivity index (χ0n) is 12.5. The number of aliphatic hydroxyl groups is 1. The quantitative estimate of drug-likeness (QED) is 0.902. The molecule has 0 bridgehead atoms. The molecule has 118 valence electrons. The van der Waals surface area contributed by atoms with Crippen molar-refractivity contribution in [2.45, 2.75) is 43.7 Å². The number of benzene rings is 1. The SMILES string of the molecule is CCC(O)c1cccc(S(=O)(=O)N2CCOCC2CC)c1. The van der Waals surface area contributed by atoms with Gasteiger partial charge in [0.25, 0.3) is 0 Å². The molecule has 0 amide bonds. The maximum atomic E-state index is 12.8. The zero-order valence-corrected chi connectivity index (χ0v) is 13.3. The van der Waals surface area contributed by atoms with Crippen LogP contribution in [0, 0.1) is 0 Å². The van der Waals surface area contributed by atoms with E-state index < -0.39 is 16.1 Å². The fourth-order valence-corrected chi connectivity index (χ4v) is 4.25. The Kier molecular flexibility index (Phi) is 5.37. The van der Waals surface area contributed by atoms with Gasteiger partial charge in [0.05, 0.1) is 24.2 Å². The van der Waals surface area contributed by atoms with Gasteiger partial charge in [-0.05, 0) is 30.5 Å². The molecule has 1 aliphatic rings. The summed E-state index contributed by atoms with van der Waals surface area (Å²) < 4.78 is 32.5. The molecule has 2 unspecified atom stereocenters. The van der Waals surface area contributed by atoms with E-state index in [4.69, 9.17) is 4.74 Å². The number of ether oxygens (including phenoxy) is 1. The van der Waals surface area contributed by atoms with Crippen molar-refractivity contribution in [1.29, 1.82) is 0 Å². The molecule has 1 aromatic carbocycles. The smallest absolute Gasteiger partial charge is 0.243 e. The normalized spacial score (nSPS) is 22.1. The fraction of sp³-hybridized carbons (Fsp3) is 0.600. The lowest BCUT2D eigenvalue weighted by Crippen LogP contribution is -2.48. The van der Waals surface area contributed by atoms with Crippen LogP contribution >= 0.6 is 0 Å². The van der Waals surface area contributed by atoms with Crippen LogP contribution in [0.15, 0.2) is 29.2 Å². The Hall–Kier alpha value is -0.950. The molecule has 0 aliphatic carbocycles. The first kappa shape index (κ1) is 16.4. The number of hydrogen-bond acceptors (Lipinski definition) is 4. The minimum absolute atomic E-state index is 0.122. The summed E-state index contributed by atoms with van der Waals surface area (Å²) in [5.41, 5.74) is 0.639. The Morgan fingerprint density at radius 3 is 2.86 bits per heavy atom. The molecule has 1 N–H and O–H groups in total. The zero-order chi connectivity index (χ0) is 15.5. The van der Waals surface area contributed by atoms with Gasteiger partial charge in [-0.2, -0.15) is 4.31 Å². The maximum absolute atomic E-state index is 12.8. The largest absolute Gasteiger partial charge is 0.388 e. The second-order valence-corrected chi connectivity index (χ2v) is 7.14. The molecule has 5 nitrogen and oxygen atoms in total. The second-order valence-electron chi connectivity index (χ2n) is 5.25. The van der Waals surface area contributed by atoms with E-state index in [2.05, 4.69) is 0 Å². The van der Waals surface area contributed by atoms with Crippen molar-refractivity contribution in [2.75, 3.05) is 19.8 Å². The van der Waals surface area contributed by atoms with E-state index in [-0.39, 0.29) is 10.9 Å². The highest BCUT2D eigenvalue weighted by atomic mass is 32.2. The Balaban J connectivity index is 2.34. The summed E-state index contributed by atoms with van der Waals surface area (Å²) in [5.74, 6) is 0. The first-order valence-corrected chi connectivity index (χ1v) is 8.82. The number of aliphatic hydroxyl groups excluding tert-OH is 1. The van der Waals surface area contributed by atoms with Gasteiger partial charge in [-0.1, -0.05) is 26.0 Å². The lowest BCUT2D eigenvalue weighted by molar-refractivity contribution is 0.0314. The third-order valence-electron chi connectivity index (χ3n) is 3.88. The molecule has 1 aliphatic heterocycles. The van der Waals surface area contributed by atoms with Crippen molar-refractivity contribution in [3.8, 4) is 0 Å². The molecule has 1 aromatic rings. The van der Waals surface area contributed by atoms with Gasteiger partial charge in [0, 0.05) is 12.6 Å². The van der Waals surface area contributed by atoms with E-state index >= 15 is 0 Å². The van der Waals surface area contributed by atoms with E-state index in [1.807, 2.05) is 13.8 Å². The number of morpholine rings is 1. The van der Waals surface area contributed by atoms with E-state index in [1.165, 1.54) is 4.31 Å². The van der Waals surface area contributed by atoms with Gasteiger partial charge < -0.3 is 9.84 Å². The Morgan fingerprint density at radius 1 is 1.43 bits per heavy atom. The highest BCUT2D eigenvalue weighted by molar-refractivity contribution is 7.89. The molecule has 0 aromatic heterocycles. The molecule has 0 spiro atoms. The van der Waals surface area contributed by atoms with Gasteiger partial charge in [-0.25, -0.2) is 8.42 Å². The van der Waals surface area contributed by atoms with Gasteiger partial charge in [0.15, 0.2) is 0 Å². The summed E-state index contributed by atoms with van der Waals surface area (Å²) in [7, 11) is -3.55. The predicted molar refractivity (Wildman–Crippen MR) is 80.5 cm³/mol. The highest BCUT2D eigenvalue weighted by Crippen LogP contribution is 2.25. The summed E-state index contributed by atoms with van der Waals surface area (Å²) in [6.07, 6.45) is 0.640. The molecular formula is C15H23NO4S. The van der Waals surface area contributed by atoms with Crippen LogP contribution in [0.3, 0.4) is 0 Å². The Labute approximate surface area is 126 Å². The lowest BCUT2D eigenvalue weighted by atomic mass is 10.1. The van der Waals surface area contributed by atoms with Crippen LogP contribution in [0.5, 0.6) is 0 Å². The van der Waals surface area contributed by atoms with Crippen molar-refractivity contribution in [3.05, 3.63) is 29.8 Å². The Bertz CT molecular complexity index is 573. The number of sulfonamides is 1. The maximum Gasteiger partial charge on any atom is 0.243 e. The summed E-state index contributed by atoms with van der Waals surface area (Å²) >= 11 is 0. The third kappa shape index (κ3) is 3.45. The molecule has 1 heterocycles. The average molecular weight is 313 g/mol. The van der Waals surface area contributed by atoms with Crippen LogP contribution in [0.2, 0.25) is 0 Å². The monoisotopic (exact) mass is 313 g/mol. The molecule has 21 heavy (non-hydrogen) atoms. The summed E-state index contributed by atoms with van der Waals surface area (Å²) in [6.45, 7) is 5.06. The average Bonchev–Trinajstić information content (AvgIpc) is 2.54. The first-order chi connectivity index (χ1) is 10.0. The molecule has 2 atom stereocenters. The van der Waals surface area contributed by atoms with Crippen LogP contribution in [-0.2, 0) is 14.8 Å². The van der Waals surface area contributed by atoms with Gasteiger partial charge >= 0.3 is 0 Å². The molecule has 6 heteroatoms. The topological polar surface area (TPSA) is 66.8 Å². The van der Waals surface area contributed by atoms with Crippen LogP contribution in [0.25, 0.3) is 0 Å². The minimum Gasteiger partial charge on any atom is -0.388 e. The van der Waals surface area contributed by atoms with Crippen molar-refractivity contribution in [2.24, 2.45) is 0 Å². The van der Waals surface area contributed by atoms with Crippen LogP contribution in [0.1, 0.15) is 38.4 Å². The third-order valence-corrected chi connectivity index (χ3v) is 5.83. The van der Waals surface area contributed by atoms with E-state index in [9.17, 15) is 13.5 Å². The van der Waals surface area contributed by atoms with Gasteiger partial charge in [0.2, 0.25) is 10.0 Å². The predicted octanol–water partition coefficient (Wildman–Crippen LogP) is 1.93. The van der Waals surface area contributed by atoms with Gasteiger partial charge in [0.1, 0.15) is 0 Å². The van der Waals surface area contributed by atoms with Crippen molar-refractivity contribution < 1.29 is 18.3 Å². The molecular weight excluding hydrogens is 290 g/mol. The molecule has 0 radical (unpaired) electrons. The van der Waals surface area contributed by atoms with Gasteiger partial charge in [-0.15, -0.1) is 0 Å². The summed E-state index contributed by atoms with van der Waals surface area (Å²) in [4.78, 5) is 0.243. The second kappa shape index (κ2) is 6.87. The molecule has 2 rings (SSSR count). The molecule has 1 fully saturated rings. The Morgan fingerprint density at radius 2 is 2.19 bits per heavy atom. The number of hydrogen-bond donors (Lipinski definition) is 1. The lowest BCUT2D eigenvalue weighted by Gasteiger charge is -2.34. The minimum atomic E-state index is -3.55. The van der Waals surface area contributed by atoms with E-state index in [1.54, 1.807) is 24.3 Å². The first-order valence-electron chi connectivity index (χ1n) is 7.38. The van der Waals surface area contributed by atoms with Crippen LogP contribution in [0.4, 0.5) is 0 Å². The standard InChI is InChI=1S/C15H23NO4S/c1-3-13-11-20-9-8-16(13)21(18,19)14-7-5-6-12(10-14)15(17)4-2/h5-7,10,13,15,17H,3-4,8-9,11H2,1-2H3. The van der Waals surface area contributed by atoms with Crippen molar-refractivity contribution in [3.63, 3.8) is 0 Å². The molecule has 0 saturated carbocycles. The van der Waals surface area contributed by atoms with Crippen molar-refractivity contribution in [1.82, 2.24) is 4.31 Å². The van der Waals surface area contributed by atoms with E-state index in [0.717, 1.165) is 6.42 Å². The number of rotatable bonds is 5.